The van der Waals surface area contributed by atoms with Gasteiger partial charge < -0.3 is 4.42 Å². The molecule has 2 heteroatoms. The Morgan fingerprint density at radius 1 is 0.967 bits per heavy atom. The summed E-state index contributed by atoms with van der Waals surface area (Å²) < 4.78 is 31.9. The van der Waals surface area contributed by atoms with Gasteiger partial charge >= 0.3 is 0 Å². The molecule has 2 aromatic carbocycles. The third kappa shape index (κ3) is 2.59. The Hall–Kier alpha value is -2.61. The number of aromatic nitrogens is 1. The van der Waals surface area contributed by atoms with E-state index >= 15 is 0 Å². The summed E-state index contributed by atoms with van der Waals surface area (Å²) in [5.74, 6) is 0. The highest BCUT2D eigenvalue weighted by molar-refractivity contribution is 6.12. The van der Waals surface area contributed by atoms with Crippen molar-refractivity contribution in [1.29, 1.82) is 0 Å². The van der Waals surface area contributed by atoms with Crippen LogP contribution in [0.3, 0.4) is 0 Å². The molecule has 2 nitrogen and oxygen atoms in total. The van der Waals surface area contributed by atoms with Crippen molar-refractivity contribution >= 4 is 21.9 Å². The van der Waals surface area contributed by atoms with Crippen LogP contribution in [0.25, 0.3) is 33.2 Å². The molecule has 2 aromatic heterocycles. The molecule has 1 aliphatic carbocycles. The van der Waals surface area contributed by atoms with E-state index in [1.54, 1.807) is 12.3 Å². The summed E-state index contributed by atoms with van der Waals surface area (Å²) >= 11 is 0. The van der Waals surface area contributed by atoms with Crippen molar-refractivity contribution in [1.82, 2.24) is 0 Å². The number of benzene rings is 2. The molecule has 30 heavy (non-hydrogen) atoms. The Kier molecular flexibility index (Phi) is 3.33. The van der Waals surface area contributed by atoms with Gasteiger partial charge in [-0.2, -0.15) is 0 Å². The molecule has 0 fully saturated rings. The molecule has 5 rings (SSSR count). The lowest BCUT2D eigenvalue weighted by atomic mass is 9.60. The van der Waals surface area contributed by atoms with Gasteiger partial charge in [0.1, 0.15) is 18.2 Å². The van der Waals surface area contributed by atoms with Gasteiger partial charge in [0.05, 0.1) is 5.56 Å². The van der Waals surface area contributed by atoms with Crippen LogP contribution in [0.5, 0.6) is 0 Å². The number of furan rings is 1. The van der Waals surface area contributed by atoms with E-state index < -0.39 is 6.85 Å². The Bertz CT molecular complexity index is 1420. The molecule has 1 aliphatic rings. The first-order chi connectivity index (χ1) is 15.3. The molecular formula is C28H32NO+. The normalized spacial score (nSPS) is 19.3. The second kappa shape index (κ2) is 6.20. The third-order valence-electron chi connectivity index (χ3n) is 7.19. The lowest BCUT2D eigenvalue weighted by Crippen LogP contribution is -2.36. The monoisotopic (exact) mass is 401 g/mol. The fraction of sp³-hybridized carbons (Fsp3) is 0.393. The molecule has 0 spiro atoms. The number of pyridine rings is 1. The number of para-hydroxylation sites is 1. The summed E-state index contributed by atoms with van der Waals surface area (Å²) in [4.78, 5) is 0. The fourth-order valence-corrected chi connectivity index (χ4v) is 5.65. The lowest BCUT2D eigenvalue weighted by molar-refractivity contribution is -0.660. The highest BCUT2D eigenvalue weighted by Gasteiger charge is 2.42. The molecule has 0 N–H and O–H groups in total. The van der Waals surface area contributed by atoms with Crippen molar-refractivity contribution in [2.75, 3.05) is 0 Å². The minimum absolute atomic E-state index is 0.0341. The zero-order chi connectivity index (χ0) is 23.9. The average Bonchev–Trinajstić information content (AvgIpc) is 3.09. The summed E-state index contributed by atoms with van der Waals surface area (Å²) in [7, 11) is 1.92. The van der Waals surface area contributed by atoms with E-state index in [1.807, 2.05) is 29.8 Å². The molecule has 154 valence electrons. The molecule has 0 saturated heterocycles. The van der Waals surface area contributed by atoms with Crippen molar-refractivity contribution in [3.63, 3.8) is 0 Å². The van der Waals surface area contributed by atoms with Gasteiger partial charge in [-0.3, -0.25) is 0 Å². The van der Waals surface area contributed by atoms with Crippen molar-refractivity contribution in [2.45, 2.75) is 65.1 Å². The number of nitrogens with zero attached hydrogens (tertiary/aromatic N) is 1. The summed E-state index contributed by atoms with van der Waals surface area (Å²) in [6.07, 6.45) is 3.98. The topological polar surface area (TPSA) is 17.0 Å². The van der Waals surface area contributed by atoms with Gasteiger partial charge in [0.15, 0.2) is 6.20 Å². The van der Waals surface area contributed by atoms with Gasteiger partial charge in [-0.1, -0.05) is 45.9 Å². The zero-order valence-electron chi connectivity index (χ0n) is 21.8. The van der Waals surface area contributed by atoms with E-state index in [4.69, 9.17) is 8.53 Å². The third-order valence-corrected chi connectivity index (χ3v) is 7.19. The van der Waals surface area contributed by atoms with E-state index in [9.17, 15) is 0 Å². The highest BCUT2D eigenvalue weighted by Crippen LogP contribution is 2.54. The standard InChI is InChI=1S/C28H32NO/c1-17-12-13-20(29(7)16-17)22-18(2)24-25(28(5,6)15-14-27(24,3)4)23-19-10-8-9-11-21(19)30-26(22)23/h8-13,16H,14-15H2,1-7H3/q+1/i1D3. The second-order valence-corrected chi connectivity index (χ2v) is 10.2. The van der Waals surface area contributed by atoms with E-state index in [1.165, 1.54) is 22.1 Å². The molecule has 0 aliphatic heterocycles. The van der Waals surface area contributed by atoms with E-state index in [0.717, 1.165) is 40.7 Å². The Morgan fingerprint density at radius 2 is 1.67 bits per heavy atom. The maximum atomic E-state index is 7.81. The smallest absolute Gasteiger partial charge is 0.216 e. The molecular weight excluding hydrogens is 366 g/mol. The maximum absolute atomic E-state index is 7.81. The number of fused-ring (bicyclic) bond motifs is 5. The predicted octanol–water partition coefficient (Wildman–Crippen LogP) is 7.04. The van der Waals surface area contributed by atoms with Crippen molar-refractivity contribution < 1.29 is 13.1 Å². The summed E-state index contributed by atoms with van der Waals surface area (Å²) in [5.41, 5.74) is 8.27. The van der Waals surface area contributed by atoms with Crippen molar-refractivity contribution in [2.24, 2.45) is 7.05 Å². The molecule has 0 amide bonds. The van der Waals surface area contributed by atoms with Crippen LogP contribution in [0.1, 0.15) is 66.9 Å². The average molecular weight is 402 g/mol. The predicted molar refractivity (Wildman–Crippen MR) is 125 cm³/mol. The van der Waals surface area contributed by atoms with E-state index in [-0.39, 0.29) is 10.8 Å². The van der Waals surface area contributed by atoms with Gasteiger partial charge in [0.25, 0.3) is 0 Å². The van der Waals surface area contributed by atoms with Crippen LogP contribution in [-0.4, -0.2) is 0 Å². The maximum Gasteiger partial charge on any atom is 0.216 e. The minimum atomic E-state index is -2.14. The SMILES string of the molecule is [2H]C([2H])([2H])c1ccc(-c2c(C)c3c(c4c2oc2ccccc24)C(C)(C)CCC3(C)C)[n+](C)c1. The van der Waals surface area contributed by atoms with Crippen LogP contribution >= 0.6 is 0 Å². The van der Waals surface area contributed by atoms with E-state index in [2.05, 4.69) is 46.8 Å². The Balaban J connectivity index is 1.98. The van der Waals surface area contributed by atoms with Crippen LogP contribution < -0.4 is 4.57 Å². The molecule has 0 bridgehead atoms. The summed E-state index contributed by atoms with van der Waals surface area (Å²) in [5, 5.41) is 2.36. The highest BCUT2D eigenvalue weighted by atomic mass is 16.3. The first kappa shape index (κ1) is 16.1. The molecule has 0 atom stereocenters. The Morgan fingerprint density at radius 3 is 2.37 bits per heavy atom. The van der Waals surface area contributed by atoms with Gasteiger partial charge in [-0.25, -0.2) is 4.57 Å². The lowest BCUT2D eigenvalue weighted by Gasteiger charge is -2.43. The van der Waals surface area contributed by atoms with Crippen molar-refractivity contribution in [3.05, 3.63) is 64.8 Å². The minimum Gasteiger partial charge on any atom is -0.455 e. The van der Waals surface area contributed by atoms with Crippen LogP contribution in [0.4, 0.5) is 0 Å². The van der Waals surface area contributed by atoms with Gasteiger partial charge in [0.2, 0.25) is 5.69 Å². The van der Waals surface area contributed by atoms with E-state index in [0.29, 0.717) is 5.56 Å². The molecule has 0 saturated carbocycles. The first-order valence-corrected chi connectivity index (χ1v) is 10.8. The number of hydrogen-bond acceptors (Lipinski definition) is 1. The number of rotatable bonds is 1. The number of hydrogen-bond donors (Lipinski definition) is 0. The van der Waals surface area contributed by atoms with Crippen LogP contribution in [0.2, 0.25) is 0 Å². The molecule has 4 aromatic rings. The quantitative estimate of drug-likeness (QED) is 0.313. The van der Waals surface area contributed by atoms with Gasteiger partial charge in [0, 0.05) is 26.5 Å². The van der Waals surface area contributed by atoms with Crippen LogP contribution in [0, 0.1) is 13.8 Å². The summed E-state index contributed by atoms with van der Waals surface area (Å²) in [6.45, 7) is 9.48. The van der Waals surface area contributed by atoms with Gasteiger partial charge in [-0.05, 0) is 66.3 Å². The molecule has 0 radical (unpaired) electrons. The van der Waals surface area contributed by atoms with Crippen molar-refractivity contribution in [3.8, 4) is 11.3 Å². The van der Waals surface area contributed by atoms with Gasteiger partial charge in [-0.15, -0.1) is 0 Å². The number of aryl methyl sites for hydroxylation is 2. The van der Waals surface area contributed by atoms with Crippen LogP contribution in [-0.2, 0) is 17.9 Å². The Labute approximate surface area is 183 Å². The largest absolute Gasteiger partial charge is 0.455 e. The molecule has 0 unspecified atom stereocenters. The second-order valence-electron chi connectivity index (χ2n) is 10.2. The zero-order valence-corrected chi connectivity index (χ0v) is 18.8. The first-order valence-electron chi connectivity index (χ1n) is 12.3. The summed E-state index contributed by atoms with van der Waals surface area (Å²) in [6, 6.07) is 12.0. The fourth-order valence-electron chi connectivity index (χ4n) is 5.65. The van der Waals surface area contributed by atoms with Crippen LogP contribution in [0.15, 0.2) is 47.0 Å². The molecule has 2 heterocycles.